The summed E-state index contributed by atoms with van der Waals surface area (Å²) in [5.74, 6) is 8.25. The van der Waals surface area contributed by atoms with Gasteiger partial charge in [0.25, 0.3) is 0 Å². The average Bonchev–Trinajstić information content (AvgIpc) is 0.755. The SMILES string of the molecule is CCN(C(C)=O)C1COC(OC2C(O[C@H]3C#C/C=C/C#C[C@]4(O)CC(=O)C(=NC(=O)OC)C3=C4CCSSC(C)(C)CC(=O)NN=C(C)c3ccc(OCCCC(=O)O)cc3)OC(C)C(NOC3CC(O)C(SC(=O)c4c(C)c(I)c(OC5OC(C)C(O)C(CO)C5O)c(OC)c4OC)C(C)O3)C2O)CC1CO. The summed E-state index contributed by atoms with van der Waals surface area (Å²) in [6, 6.07) is 5.18. The molecule has 4 aliphatic heterocycles. The van der Waals surface area contributed by atoms with E-state index in [4.69, 9.17) is 62.0 Å². The number of allylic oxidation sites excluding steroid dienone is 2. The average molecular weight is 1680 g/mol. The predicted molar refractivity (Wildman–Crippen MR) is 404 cm³/mol. The van der Waals surface area contributed by atoms with Crippen molar-refractivity contribution < 1.29 is 127 Å². The van der Waals surface area contributed by atoms with Crippen LogP contribution in [0.15, 0.2) is 57.7 Å². The molecule has 31 nitrogen and oxygen atoms in total. The van der Waals surface area contributed by atoms with Crippen LogP contribution in [0.1, 0.15) is 122 Å². The number of ketones is 1. The Labute approximate surface area is 652 Å². The molecule has 2 aliphatic carbocycles. The summed E-state index contributed by atoms with van der Waals surface area (Å²) in [6.07, 6.45) is -16.1. The number of aliphatic imine (C=N–C) groups is 1. The number of halogens is 1. The molecule has 19 atom stereocenters. The number of hydrazone groups is 1. The van der Waals surface area contributed by atoms with Crippen LogP contribution in [0.5, 0.6) is 23.0 Å². The maximum absolute atomic E-state index is 14.6. The van der Waals surface area contributed by atoms with E-state index in [0.717, 1.165) is 18.9 Å². The highest BCUT2D eigenvalue weighted by atomic mass is 127. The highest BCUT2D eigenvalue weighted by Crippen LogP contribution is 2.50. The minimum atomic E-state index is -2.21. The number of hydroxylamine groups is 1. The maximum atomic E-state index is 14.6. The second kappa shape index (κ2) is 39.9. The molecule has 2 bridgehead atoms. The number of nitrogens with one attached hydrogen (secondary N) is 2. The second-order valence-electron chi connectivity index (χ2n) is 27.1. The Bertz CT molecular complexity index is 3790. The Hall–Kier alpha value is -6.02. The lowest BCUT2D eigenvalue weighted by Crippen LogP contribution is -2.65. The topological polar surface area (TPSA) is 427 Å². The lowest BCUT2D eigenvalue weighted by Gasteiger charge is -2.47. The molecule has 35 heteroatoms. The molecule has 2 aromatic rings. The van der Waals surface area contributed by atoms with Crippen molar-refractivity contribution in [2.24, 2.45) is 21.9 Å². The highest BCUT2D eigenvalue weighted by molar-refractivity contribution is 14.1. The quantitative estimate of drug-likeness (QED) is 0.0122. The van der Waals surface area contributed by atoms with E-state index in [-0.39, 0.29) is 103 Å². The lowest BCUT2D eigenvalue weighted by molar-refractivity contribution is -0.336. The first-order valence-electron chi connectivity index (χ1n) is 35.1. The van der Waals surface area contributed by atoms with Gasteiger partial charge in [-0.05, 0) is 144 Å². The van der Waals surface area contributed by atoms with Crippen LogP contribution in [0.25, 0.3) is 0 Å². The molecule has 0 aromatic heterocycles. The number of carboxylic acid groups (broad SMARTS) is 1. The van der Waals surface area contributed by atoms with Crippen molar-refractivity contribution in [3.05, 3.63) is 67.8 Å². The van der Waals surface area contributed by atoms with Crippen LogP contribution in [-0.2, 0) is 57.2 Å². The zero-order valence-electron chi connectivity index (χ0n) is 61.9. The fourth-order valence-corrected chi connectivity index (χ4v) is 17.5. The number of rotatable bonds is 31. The van der Waals surface area contributed by atoms with Crippen LogP contribution in [0.4, 0.5) is 4.79 Å². The van der Waals surface area contributed by atoms with Crippen molar-refractivity contribution in [2.45, 2.75) is 215 Å². The van der Waals surface area contributed by atoms with Crippen molar-refractivity contribution in [1.29, 1.82) is 0 Å². The Morgan fingerprint density at radius 1 is 0.870 bits per heavy atom. The van der Waals surface area contributed by atoms with E-state index < -0.39 is 161 Å². The summed E-state index contributed by atoms with van der Waals surface area (Å²) in [4.78, 5) is 91.2. The molecule has 0 spiro atoms. The van der Waals surface area contributed by atoms with Crippen molar-refractivity contribution in [3.8, 4) is 46.7 Å². The van der Waals surface area contributed by atoms with Crippen LogP contribution >= 0.6 is 55.9 Å². The Balaban J connectivity index is 1.02. The minimum absolute atomic E-state index is 0.00610. The van der Waals surface area contributed by atoms with Crippen LogP contribution in [-0.4, -0.2) is 260 Å². The Morgan fingerprint density at radius 2 is 1.57 bits per heavy atom. The first-order chi connectivity index (χ1) is 51.3. The molecular formula is C73H96IN5O26S3. The van der Waals surface area contributed by atoms with Crippen molar-refractivity contribution >= 4 is 102 Å². The number of carboxylic acids is 1. The number of hydrogen-bond acceptors (Lipinski definition) is 30. The van der Waals surface area contributed by atoms with Gasteiger partial charge >= 0.3 is 12.1 Å². The molecule has 0 radical (unpaired) electrons. The van der Waals surface area contributed by atoms with Gasteiger partial charge in [-0.1, -0.05) is 57.0 Å². The molecule has 108 heavy (non-hydrogen) atoms. The minimum Gasteiger partial charge on any atom is -0.494 e. The predicted octanol–water partition coefficient (Wildman–Crippen LogP) is 4.68. The first kappa shape index (κ1) is 87.6. The van der Waals surface area contributed by atoms with Crippen molar-refractivity contribution in [1.82, 2.24) is 15.8 Å². The molecular weight excluding hydrogens is 1590 g/mol. The molecule has 3 amide bonds. The van der Waals surface area contributed by atoms with E-state index in [1.165, 1.54) is 54.9 Å². The molecule has 8 rings (SSSR count). The highest BCUT2D eigenvalue weighted by Gasteiger charge is 2.53. The monoisotopic (exact) mass is 1680 g/mol. The zero-order valence-corrected chi connectivity index (χ0v) is 66.5. The number of aliphatic hydroxyl groups is 7. The van der Waals surface area contributed by atoms with Gasteiger partial charge in [0.2, 0.25) is 29.0 Å². The number of carbonyl (C=O) groups excluding carboxylic acids is 5. The van der Waals surface area contributed by atoms with E-state index in [9.17, 15) is 64.5 Å². The van der Waals surface area contributed by atoms with Crippen LogP contribution in [0.3, 0.4) is 0 Å². The molecule has 4 heterocycles. The van der Waals surface area contributed by atoms with Gasteiger partial charge in [-0.25, -0.2) is 10.2 Å². The summed E-state index contributed by atoms with van der Waals surface area (Å²) in [6.45, 7) is 14.6. The summed E-state index contributed by atoms with van der Waals surface area (Å²) in [7, 11) is 6.42. The van der Waals surface area contributed by atoms with Gasteiger partial charge in [0.1, 0.15) is 35.9 Å². The molecule has 4 fully saturated rings. The molecule has 17 unspecified atom stereocenters. The van der Waals surface area contributed by atoms with Gasteiger partial charge < -0.3 is 97.9 Å². The van der Waals surface area contributed by atoms with Gasteiger partial charge in [-0.2, -0.15) is 15.6 Å². The molecule has 10 N–H and O–H groups in total. The number of fused-ring (bicyclic) bond motifs is 1. The van der Waals surface area contributed by atoms with E-state index in [1.54, 1.807) is 70.7 Å². The van der Waals surface area contributed by atoms with Gasteiger partial charge in [-0.3, -0.25) is 28.8 Å². The largest absolute Gasteiger partial charge is 0.494 e. The Kier molecular flexibility index (Phi) is 32.4. The summed E-state index contributed by atoms with van der Waals surface area (Å²) in [5, 5.41) is 91.5. The summed E-state index contributed by atoms with van der Waals surface area (Å²) < 4.78 is 66.5. The van der Waals surface area contributed by atoms with E-state index >= 15 is 0 Å². The smallest absolute Gasteiger partial charge is 0.433 e. The number of nitrogens with zero attached hydrogens (tertiary/aromatic N) is 3. The Morgan fingerprint density at radius 3 is 2.22 bits per heavy atom. The molecule has 2 aromatic carbocycles. The number of hydrogen-bond donors (Lipinski definition) is 10. The molecule has 6 aliphatic rings. The second-order valence-corrected chi connectivity index (χ2v) is 32.4. The number of thioether (sulfide) groups is 1. The standard InChI is InChI=1S/C73H96IN5O26S3/c1-13-79(41(7)82)47-35-98-53(29-43(47)33-80)103-65-62(90)58(78-105-54-30-48(83)67(40(6)99-54)107-68(91)55-36(2)57(74)64(66(95-11)63(55)94-10)104-69-61(89)45(34-81)60(88)39(5)101-69)38(4)100-70(65)102-50-19-16-14-15-17-26-73(93)31-49(84)59(75-71(92)96-12)56(50)46(73)25-28-106-108-72(8,9)32-51(85)77-76-37(3)42-21-23-44(24-22-42)97-27-18-20-52(86)87/h14-15,21-24,38-40,43,45,47-48,50,53-54,58,60-62,65,67,69-70,78,80-81,83,88-90,93H,13,18,20,25,27-35H2,1-12H3,(H,77,85)(H,86,87)/b15-14+,75-59?,76-37?/t38?,39?,40?,43?,45?,47?,48?,50-,53?,54?,58?,60?,61?,62?,65?,67?,69?,70?,73-/m0/s1. The van der Waals surface area contributed by atoms with E-state index in [1.807, 2.05) is 36.4 Å². The van der Waals surface area contributed by atoms with Crippen LogP contribution in [0.2, 0.25) is 0 Å². The van der Waals surface area contributed by atoms with Gasteiger partial charge in [0.15, 0.2) is 41.8 Å². The third-order valence-electron chi connectivity index (χ3n) is 19.0. The molecule has 4 saturated heterocycles. The third-order valence-corrected chi connectivity index (χ3v) is 24.9. The van der Waals surface area contributed by atoms with Crippen LogP contribution in [0, 0.1) is 46.0 Å². The number of likely N-dealkylation sites (N-methyl/N-ethyl adjacent to an activating group) is 1. The summed E-state index contributed by atoms with van der Waals surface area (Å²) in [5.41, 5.74) is 4.42. The summed E-state index contributed by atoms with van der Waals surface area (Å²) >= 11 is 2.74. The first-order valence-corrected chi connectivity index (χ1v) is 39.4. The number of aliphatic carboxylic acids is 1. The number of Topliss-reactive ketones (excluding diaryl/α,β-unsaturated/α-hetero) is 1. The number of methoxy groups -OCH3 is 3. The number of ether oxygens (including phenoxy) is 11. The maximum Gasteiger partial charge on any atom is 0.433 e. The van der Waals surface area contributed by atoms with E-state index in [0.29, 0.717) is 39.1 Å². The van der Waals surface area contributed by atoms with Gasteiger partial charge in [-0.15, -0.1) is 0 Å². The van der Waals surface area contributed by atoms with Gasteiger partial charge in [0.05, 0.1) is 110 Å². The van der Waals surface area contributed by atoms with E-state index in [2.05, 4.69) is 44.7 Å². The zero-order chi connectivity index (χ0) is 79.1. The number of carbonyl (C=O) groups is 6. The third kappa shape index (κ3) is 21.8. The van der Waals surface area contributed by atoms with Crippen LogP contribution < -0.4 is 29.9 Å². The molecule has 594 valence electrons. The number of benzene rings is 2. The fourth-order valence-electron chi connectivity index (χ4n) is 13.2. The number of aliphatic hydroxyl groups excluding tert-OH is 6. The molecule has 0 saturated carbocycles. The van der Waals surface area contributed by atoms with Crippen molar-refractivity contribution in [3.63, 3.8) is 0 Å². The number of amides is 3. The fraction of sp³-hybridized carbons (Fsp3) is 0.616. The normalized spacial score (nSPS) is 30.7. The lowest BCUT2D eigenvalue weighted by atomic mass is 9.74. The van der Waals surface area contributed by atoms with Gasteiger partial charge in [0, 0.05) is 73.7 Å². The van der Waals surface area contributed by atoms with Crippen molar-refractivity contribution in [2.75, 3.05) is 60.1 Å².